The van der Waals surface area contributed by atoms with Crippen LogP contribution in [0.1, 0.15) is 23.7 Å². The molecule has 1 aromatic carbocycles. The second-order valence-corrected chi connectivity index (χ2v) is 6.71. The summed E-state index contributed by atoms with van der Waals surface area (Å²) >= 11 is 1.52. The van der Waals surface area contributed by atoms with Gasteiger partial charge in [-0.25, -0.2) is 4.98 Å². The minimum atomic E-state index is -0.164. The predicted molar refractivity (Wildman–Crippen MR) is 94.0 cm³/mol. The number of nitrogens with one attached hydrogen (secondary N) is 1. The van der Waals surface area contributed by atoms with E-state index in [1.807, 2.05) is 6.92 Å². The summed E-state index contributed by atoms with van der Waals surface area (Å²) in [7, 11) is 1.60. The molecule has 1 aromatic heterocycles. The van der Waals surface area contributed by atoms with Crippen molar-refractivity contribution < 1.29 is 9.53 Å². The van der Waals surface area contributed by atoms with Gasteiger partial charge in [0.05, 0.1) is 13.2 Å². The average molecular weight is 345 g/mol. The van der Waals surface area contributed by atoms with Gasteiger partial charge in [-0.15, -0.1) is 0 Å². The van der Waals surface area contributed by atoms with Crippen LogP contribution >= 0.6 is 11.8 Å². The molecule has 24 heavy (non-hydrogen) atoms. The Morgan fingerprint density at radius 3 is 2.75 bits per heavy atom. The second kappa shape index (κ2) is 6.68. The van der Waals surface area contributed by atoms with E-state index in [0.717, 1.165) is 11.4 Å². The standard InChI is InChI=1S/C17H19N3O3S/c1-10-11(2)18-17-20(16(10)22)13(9-24-17)8-15(21)19-12-4-6-14(23-3)7-5-12/h4-7,13H,8-9H2,1-3H3,(H,19,21). The van der Waals surface area contributed by atoms with E-state index < -0.39 is 0 Å². The van der Waals surface area contributed by atoms with Crippen LogP contribution in [0.4, 0.5) is 5.69 Å². The first-order valence-corrected chi connectivity index (χ1v) is 8.64. The summed E-state index contributed by atoms with van der Waals surface area (Å²) in [5.41, 5.74) is 2.05. The number of rotatable bonds is 4. The Balaban J connectivity index is 1.73. The molecular weight excluding hydrogens is 326 g/mol. The molecule has 7 heteroatoms. The van der Waals surface area contributed by atoms with Crippen LogP contribution in [0.15, 0.2) is 34.2 Å². The van der Waals surface area contributed by atoms with Gasteiger partial charge in [-0.1, -0.05) is 11.8 Å². The summed E-state index contributed by atoms with van der Waals surface area (Å²) in [5, 5.41) is 3.56. The van der Waals surface area contributed by atoms with Crippen molar-refractivity contribution in [3.63, 3.8) is 0 Å². The van der Waals surface area contributed by atoms with Gasteiger partial charge in [0.2, 0.25) is 5.91 Å². The van der Waals surface area contributed by atoms with Crippen LogP contribution in [0.3, 0.4) is 0 Å². The highest BCUT2D eigenvalue weighted by atomic mass is 32.2. The molecule has 6 nitrogen and oxygen atoms in total. The van der Waals surface area contributed by atoms with Crippen LogP contribution in [0.25, 0.3) is 0 Å². The number of aryl methyl sites for hydroxylation is 1. The average Bonchev–Trinajstić information content (AvgIpc) is 2.95. The Bertz CT molecular complexity index is 830. The summed E-state index contributed by atoms with van der Waals surface area (Å²) in [4.78, 5) is 29.2. The van der Waals surface area contributed by atoms with Crippen molar-refractivity contribution in [2.75, 3.05) is 18.2 Å². The van der Waals surface area contributed by atoms with Crippen molar-refractivity contribution in [1.82, 2.24) is 9.55 Å². The minimum Gasteiger partial charge on any atom is -0.497 e. The summed E-state index contributed by atoms with van der Waals surface area (Å²) in [6.07, 6.45) is 0.246. The monoisotopic (exact) mass is 345 g/mol. The Morgan fingerprint density at radius 2 is 2.08 bits per heavy atom. The van der Waals surface area contributed by atoms with Gasteiger partial charge in [0, 0.05) is 29.1 Å². The molecule has 0 radical (unpaired) electrons. The first-order valence-electron chi connectivity index (χ1n) is 7.66. The number of nitrogens with zero attached hydrogens (tertiary/aromatic N) is 2. The number of methoxy groups -OCH3 is 1. The lowest BCUT2D eigenvalue weighted by molar-refractivity contribution is -0.116. The zero-order valence-electron chi connectivity index (χ0n) is 13.8. The fourth-order valence-corrected chi connectivity index (χ4v) is 3.80. The number of carbonyl (C=O) groups excluding carboxylic acids is 1. The van der Waals surface area contributed by atoms with Gasteiger partial charge in [-0.05, 0) is 38.1 Å². The van der Waals surface area contributed by atoms with Gasteiger partial charge in [0.15, 0.2) is 5.16 Å². The van der Waals surface area contributed by atoms with Gasteiger partial charge < -0.3 is 10.1 Å². The Kier molecular flexibility index (Phi) is 4.62. The number of thioether (sulfide) groups is 1. The maximum atomic E-state index is 12.5. The number of amides is 1. The first-order chi connectivity index (χ1) is 11.5. The van der Waals surface area contributed by atoms with Crippen LogP contribution < -0.4 is 15.6 Å². The minimum absolute atomic E-state index is 0.0512. The number of hydrogen-bond acceptors (Lipinski definition) is 5. The molecule has 3 rings (SSSR count). The molecular formula is C17H19N3O3S. The number of hydrogen-bond donors (Lipinski definition) is 1. The van der Waals surface area contributed by atoms with E-state index in [-0.39, 0.29) is 23.9 Å². The quantitative estimate of drug-likeness (QED) is 0.862. The molecule has 0 saturated heterocycles. The zero-order chi connectivity index (χ0) is 17.3. The molecule has 1 amide bonds. The number of aromatic nitrogens is 2. The van der Waals surface area contributed by atoms with Gasteiger partial charge in [0.25, 0.3) is 5.56 Å². The normalized spacial score (nSPS) is 15.9. The molecule has 1 aliphatic heterocycles. The fraction of sp³-hybridized carbons (Fsp3) is 0.353. The third-order valence-corrected chi connectivity index (χ3v) is 5.21. The number of carbonyl (C=O) groups is 1. The van der Waals surface area contributed by atoms with Crippen molar-refractivity contribution in [2.45, 2.75) is 31.5 Å². The number of fused-ring (bicyclic) bond motifs is 1. The fourth-order valence-electron chi connectivity index (χ4n) is 2.62. The first kappa shape index (κ1) is 16.6. The van der Waals surface area contributed by atoms with Crippen LogP contribution in [-0.4, -0.2) is 28.3 Å². The van der Waals surface area contributed by atoms with Crippen molar-refractivity contribution >= 4 is 23.4 Å². The van der Waals surface area contributed by atoms with Crippen LogP contribution in [0.2, 0.25) is 0 Å². The number of anilines is 1. The highest BCUT2D eigenvalue weighted by Crippen LogP contribution is 2.32. The lowest BCUT2D eigenvalue weighted by Gasteiger charge is -2.14. The van der Waals surface area contributed by atoms with Gasteiger partial charge in [-0.2, -0.15) is 0 Å². The highest BCUT2D eigenvalue weighted by molar-refractivity contribution is 7.99. The zero-order valence-corrected chi connectivity index (χ0v) is 14.6. The van der Waals surface area contributed by atoms with Gasteiger partial charge in [0.1, 0.15) is 5.75 Å². The van der Waals surface area contributed by atoms with Crippen LogP contribution in [0, 0.1) is 13.8 Å². The van der Waals surface area contributed by atoms with Crippen LogP contribution in [0.5, 0.6) is 5.75 Å². The number of benzene rings is 1. The van der Waals surface area contributed by atoms with Gasteiger partial charge >= 0.3 is 0 Å². The highest BCUT2D eigenvalue weighted by Gasteiger charge is 2.28. The lowest BCUT2D eigenvalue weighted by Crippen LogP contribution is -2.29. The summed E-state index contributed by atoms with van der Waals surface area (Å²) in [6.45, 7) is 3.61. The predicted octanol–water partition coefficient (Wildman–Crippen LogP) is 2.54. The third-order valence-electron chi connectivity index (χ3n) is 4.12. The molecule has 1 atom stereocenters. The smallest absolute Gasteiger partial charge is 0.257 e. The molecule has 0 bridgehead atoms. The summed E-state index contributed by atoms with van der Waals surface area (Å²) in [6, 6.07) is 6.99. The third kappa shape index (κ3) is 3.17. The van der Waals surface area contributed by atoms with Crippen molar-refractivity contribution in [3.8, 4) is 5.75 Å². The molecule has 2 heterocycles. The van der Waals surface area contributed by atoms with Crippen molar-refractivity contribution in [2.24, 2.45) is 0 Å². The van der Waals surface area contributed by atoms with Crippen molar-refractivity contribution in [3.05, 3.63) is 45.9 Å². The Labute approximate surface area is 144 Å². The van der Waals surface area contributed by atoms with E-state index in [0.29, 0.717) is 22.2 Å². The SMILES string of the molecule is COc1ccc(NC(=O)CC2CSc3nc(C)c(C)c(=O)n32)cc1. The molecule has 0 spiro atoms. The Hall–Kier alpha value is -2.28. The Morgan fingerprint density at radius 1 is 1.38 bits per heavy atom. The summed E-state index contributed by atoms with van der Waals surface area (Å²) in [5.74, 6) is 1.29. The van der Waals surface area contributed by atoms with E-state index in [4.69, 9.17) is 4.74 Å². The summed E-state index contributed by atoms with van der Waals surface area (Å²) < 4.78 is 6.75. The number of ether oxygens (including phenoxy) is 1. The maximum absolute atomic E-state index is 12.5. The van der Waals surface area contributed by atoms with E-state index in [9.17, 15) is 9.59 Å². The second-order valence-electron chi connectivity index (χ2n) is 5.73. The maximum Gasteiger partial charge on any atom is 0.257 e. The van der Waals surface area contributed by atoms with Crippen LogP contribution in [-0.2, 0) is 4.79 Å². The topological polar surface area (TPSA) is 73.2 Å². The van der Waals surface area contributed by atoms with E-state index >= 15 is 0 Å². The molecule has 0 fully saturated rings. The molecule has 2 aromatic rings. The molecule has 1 aliphatic rings. The van der Waals surface area contributed by atoms with E-state index in [1.165, 1.54) is 11.8 Å². The molecule has 0 aliphatic carbocycles. The largest absolute Gasteiger partial charge is 0.497 e. The van der Waals surface area contributed by atoms with E-state index in [1.54, 1.807) is 42.9 Å². The molecule has 126 valence electrons. The van der Waals surface area contributed by atoms with E-state index in [2.05, 4.69) is 10.3 Å². The molecule has 1 unspecified atom stereocenters. The lowest BCUT2D eigenvalue weighted by atomic mass is 10.2. The van der Waals surface area contributed by atoms with Crippen molar-refractivity contribution in [1.29, 1.82) is 0 Å². The van der Waals surface area contributed by atoms with Gasteiger partial charge in [-0.3, -0.25) is 14.2 Å². The molecule has 1 N–H and O–H groups in total. The molecule has 0 saturated carbocycles.